The average molecular weight is 253 g/mol. The zero-order chi connectivity index (χ0) is 14.0. The van der Waals surface area contributed by atoms with Crippen LogP contribution in [0.15, 0.2) is 36.4 Å². The molecule has 2 heteroatoms. The number of hydrogen-bond acceptors (Lipinski definition) is 1. The Kier molecular flexibility index (Phi) is 3.70. The van der Waals surface area contributed by atoms with Crippen LogP contribution in [0.3, 0.4) is 0 Å². The maximum absolute atomic E-state index is 12.3. The second kappa shape index (κ2) is 5.27. The first-order valence-electron chi connectivity index (χ1n) is 6.42. The Morgan fingerprint density at radius 1 is 0.842 bits per heavy atom. The van der Waals surface area contributed by atoms with E-state index in [1.165, 1.54) is 5.56 Å². The van der Waals surface area contributed by atoms with Gasteiger partial charge in [0.1, 0.15) is 0 Å². The van der Waals surface area contributed by atoms with Crippen molar-refractivity contribution in [3.8, 4) is 0 Å². The molecular weight excluding hydrogens is 234 g/mol. The maximum Gasteiger partial charge on any atom is 0.255 e. The molecule has 0 fully saturated rings. The van der Waals surface area contributed by atoms with E-state index in [2.05, 4.69) is 11.4 Å². The first-order valence-corrected chi connectivity index (χ1v) is 6.42. The third-order valence-corrected chi connectivity index (χ3v) is 3.11. The fourth-order valence-corrected chi connectivity index (χ4v) is 2.31. The topological polar surface area (TPSA) is 29.1 Å². The normalized spacial score (nSPS) is 10.3. The van der Waals surface area contributed by atoms with Crippen LogP contribution in [0.2, 0.25) is 0 Å². The fraction of sp³-hybridized carbons (Fsp3) is 0.235. The Balaban J connectivity index is 2.25. The van der Waals surface area contributed by atoms with Crippen LogP contribution >= 0.6 is 0 Å². The lowest BCUT2D eigenvalue weighted by Gasteiger charge is -2.10. The Bertz CT molecular complexity index is 609. The number of nitrogens with one attached hydrogen (secondary N) is 1. The van der Waals surface area contributed by atoms with E-state index in [9.17, 15) is 4.79 Å². The Morgan fingerprint density at radius 2 is 1.47 bits per heavy atom. The van der Waals surface area contributed by atoms with Crippen LogP contribution < -0.4 is 5.32 Å². The molecule has 0 atom stereocenters. The Labute approximate surface area is 114 Å². The lowest BCUT2D eigenvalue weighted by Crippen LogP contribution is -2.13. The lowest BCUT2D eigenvalue weighted by atomic mass is 10.0. The van der Waals surface area contributed by atoms with Gasteiger partial charge in [0.05, 0.1) is 0 Å². The van der Waals surface area contributed by atoms with Crippen LogP contribution in [-0.4, -0.2) is 5.91 Å². The van der Waals surface area contributed by atoms with Gasteiger partial charge >= 0.3 is 0 Å². The summed E-state index contributed by atoms with van der Waals surface area (Å²) in [6, 6.07) is 11.9. The number of aryl methyl sites for hydroxylation is 4. The van der Waals surface area contributed by atoms with Crippen molar-refractivity contribution in [3.05, 3.63) is 64.2 Å². The lowest BCUT2D eigenvalue weighted by molar-refractivity contribution is 0.102. The van der Waals surface area contributed by atoms with Crippen molar-refractivity contribution in [2.75, 3.05) is 5.32 Å². The second-order valence-corrected chi connectivity index (χ2v) is 5.15. The highest BCUT2D eigenvalue weighted by molar-refractivity contribution is 6.05. The van der Waals surface area contributed by atoms with Crippen LogP contribution in [-0.2, 0) is 0 Å². The average Bonchev–Trinajstić information content (AvgIpc) is 2.26. The molecule has 0 aliphatic rings. The highest BCUT2D eigenvalue weighted by atomic mass is 16.1. The van der Waals surface area contributed by atoms with Crippen molar-refractivity contribution in [2.45, 2.75) is 27.7 Å². The van der Waals surface area contributed by atoms with Gasteiger partial charge in [-0.05, 0) is 62.6 Å². The monoisotopic (exact) mass is 253 g/mol. The van der Waals surface area contributed by atoms with Gasteiger partial charge in [0.2, 0.25) is 0 Å². The van der Waals surface area contributed by atoms with Crippen molar-refractivity contribution in [1.29, 1.82) is 0 Å². The third kappa shape index (κ3) is 3.22. The van der Waals surface area contributed by atoms with E-state index < -0.39 is 0 Å². The summed E-state index contributed by atoms with van der Waals surface area (Å²) in [5, 5.41) is 2.96. The van der Waals surface area contributed by atoms with E-state index in [1.54, 1.807) is 0 Å². The van der Waals surface area contributed by atoms with Crippen molar-refractivity contribution >= 4 is 11.6 Å². The minimum absolute atomic E-state index is 0.0532. The molecule has 0 radical (unpaired) electrons. The molecule has 19 heavy (non-hydrogen) atoms. The third-order valence-electron chi connectivity index (χ3n) is 3.11. The summed E-state index contributed by atoms with van der Waals surface area (Å²) < 4.78 is 0. The predicted molar refractivity (Wildman–Crippen MR) is 79.8 cm³/mol. The van der Waals surface area contributed by atoms with Gasteiger partial charge in [0.15, 0.2) is 0 Å². The van der Waals surface area contributed by atoms with E-state index in [4.69, 9.17) is 0 Å². The molecule has 0 spiro atoms. The molecule has 2 aromatic carbocycles. The molecule has 98 valence electrons. The van der Waals surface area contributed by atoms with E-state index in [0.717, 1.165) is 27.9 Å². The van der Waals surface area contributed by atoms with Crippen LogP contribution in [0.5, 0.6) is 0 Å². The van der Waals surface area contributed by atoms with Crippen LogP contribution in [0.25, 0.3) is 0 Å². The van der Waals surface area contributed by atoms with Gasteiger partial charge in [-0.2, -0.15) is 0 Å². The Hall–Kier alpha value is -2.09. The van der Waals surface area contributed by atoms with Crippen LogP contribution in [0.1, 0.15) is 32.6 Å². The summed E-state index contributed by atoms with van der Waals surface area (Å²) in [6.07, 6.45) is 0. The number of amides is 1. The van der Waals surface area contributed by atoms with E-state index in [1.807, 2.05) is 58.0 Å². The van der Waals surface area contributed by atoms with Gasteiger partial charge in [0, 0.05) is 11.3 Å². The molecule has 0 unspecified atom stereocenters. The minimum Gasteiger partial charge on any atom is -0.322 e. The summed E-state index contributed by atoms with van der Waals surface area (Å²) in [6.45, 7) is 8.04. The molecule has 0 saturated heterocycles. The molecule has 0 aliphatic carbocycles. The number of carbonyl (C=O) groups excluding carboxylic acids is 1. The van der Waals surface area contributed by atoms with E-state index in [0.29, 0.717) is 0 Å². The van der Waals surface area contributed by atoms with Gasteiger partial charge in [-0.15, -0.1) is 0 Å². The zero-order valence-electron chi connectivity index (χ0n) is 11.9. The van der Waals surface area contributed by atoms with Gasteiger partial charge in [-0.1, -0.05) is 23.8 Å². The van der Waals surface area contributed by atoms with Crippen molar-refractivity contribution in [2.24, 2.45) is 0 Å². The van der Waals surface area contributed by atoms with Crippen molar-refractivity contribution < 1.29 is 4.79 Å². The molecule has 1 amide bonds. The molecule has 0 heterocycles. The first kappa shape index (κ1) is 13.3. The maximum atomic E-state index is 12.3. The number of benzene rings is 2. The number of hydrogen-bond donors (Lipinski definition) is 1. The molecular formula is C17H19NO. The SMILES string of the molecule is Cc1cc(C)cc(NC(=O)c2ccc(C)cc2C)c1. The zero-order valence-corrected chi connectivity index (χ0v) is 11.9. The summed E-state index contributed by atoms with van der Waals surface area (Å²) in [5.74, 6) is -0.0532. The van der Waals surface area contributed by atoms with E-state index >= 15 is 0 Å². The predicted octanol–water partition coefficient (Wildman–Crippen LogP) is 4.17. The van der Waals surface area contributed by atoms with E-state index in [-0.39, 0.29) is 5.91 Å². The molecule has 1 N–H and O–H groups in total. The largest absolute Gasteiger partial charge is 0.322 e. The number of anilines is 1. The number of carbonyl (C=O) groups is 1. The highest BCUT2D eigenvalue weighted by Gasteiger charge is 2.09. The smallest absolute Gasteiger partial charge is 0.255 e. The first-order chi connectivity index (χ1) is 8.95. The summed E-state index contributed by atoms with van der Waals surface area (Å²) >= 11 is 0. The summed E-state index contributed by atoms with van der Waals surface area (Å²) in [4.78, 5) is 12.3. The van der Waals surface area contributed by atoms with Gasteiger partial charge in [0.25, 0.3) is 5.91 Å². The van der Waals surface area contributed by atoms with Crippen LogP contribution in [0.4, 0.5) is 5.69 Å². The van der Waals surface area contributed by atoms with Crippen molar-refractivity contribution in [3.63, 3.8) is 0 Å². The molecule has 0 aromatic heterocycles. The standard InChI is InChI=1S/C17H19NO/c1-11-5-6-16(14(4)8-11)17(19)18-15-9-12(2)7-13(3)10-15/h5-10H,1-4H3,(H,18,19). The fourth-order valence-electron chi connectivity index (χ4n) is 2.31. The summed E-state index contributed by atoms with van der Waals surface area (Å²) in [5.41, 5.74) is 6.04. The van der Waals surface area contributed by atoms with Crippen molar-refractivity contribution in [1.82, 2.24) is 0 Å². The quantitative estimate of drug-likeness (QED) is 0.855. The molecule has 2 aromatic rings. The number of rotatable bonds is 2. The molecule has 0 aliphatic heterocycles. The summed E-state index contributed by atoms with van der Waals surface area (Å²) in [7, 11) is 0. The molecule has 2 rings (SSSR count). The highest BCUT2D eigenvalue weighted by Crippen LogP contribution is 2.17. The van der Waals surface area contributed by atoms with Gasteiger partial charge in [-0.3, -0.25) is 4.79 Å². The minimum atomic E-state index is -0.0532. The second-order valence-electron chi connectivity index (χ2n) is 5.15. The van der Waals surface area contributed by atoms with Crippen LogP contribution in [0, 0.1) is 27.7 Å². The van der Waals surface area contributed by atoms with Gasteiger partial charge < -0.3 is 5.32 Å². The molecule has 2 nitrogen and oxygen atoms in total. The Morgan fingerprint density at radius 3 is 2.05 bits per heavy atom. The molecule has 0 saturated carbocycles. The molecule has 0 bridgehead atoms. The van der Waals surface area contributed by atoms with Gasteiger partial charge in [-0.25, -0.2) is 0 Å².